The van der Waals surface area contributed by atoms with Crippen molar-refractivity contribution >= 4 is 0 Å². The second-order valence-electron chi connectivity index (χ2n) is 4.26. The van der Waals surface area contributed by atoms with Crippen LogP contribution in [0.2, 0.25) is 0 Å². The van der Waals surface area contributed by atoms with Crippen LogP contribution in [0.4, 0.5) is 8.78 Å². The largest absolute Gasteiger partial charge is 0.486 e. The molecule has 0 bridgehead atoms. The van der Waals surface area contributed by atoms with Crippen molar-refractivity contribution in [3.05, 3.63) is 29.8 Å². The van der Waals surface area contributed by atoms with Gasteiger partial charge in [-0.2, -0.15) is 0 Å². The van der Waals surface area contributed by atoms with Crippen molar-refractivity contribution in [3.8, 4) is 5.75 Å². The fourth-order valence-corrected chi connectivity index (χ4v) is 1.58. The van der Waals surface area contributed by atoms with Gasteiger partial charge in [0.05, 0.1) is 0 Å². The number of benzene rings is 1. The Balaban J connectivity index is 2.21. The van der Waals surface area contributed by atoms with Crippen LogP contribution in [0.1, 0.15) is 20.3 Å². The lowest BCUT2D eigenvalue weighted by atomic mass is 10.3. The maximum absolute atomic E-state index is 13.3. The zero-order valence-electron chi connectivity index (χ0n) is 11.4. The van der Waals surface area contributed by atoms with Crippen LogP contribution in [0.25, 0.3) is 0 Å². The summed E-state index contributed by atoms with van der Waals surface area (Å²) in [5.41, 5.74) is 0. The highest BCUT2D eigenvalue weighted by atomic mass is 19.1. The van der Waals surface area contributed by atoms with E-state index in [4.69, 9.17) is 9.47 Å². The molecule has 0 amide bonds. The molecular weight excluding hydrogens is 252 g/mol. The van der Waals surface area contributed by atoms with Crippen LogP contribution in [0.3, 0.4) is 0 Å². The Morgan fingerprint density at radius 2 is 2.11 bits per heavy atom. The summed E-state index contributed by atoms with van der Waals surface area (Å²) in [5.74, 6) is -1.21. The molecule has 3 nitrogen and oxygen atoms in total. The molecule has 0 heterocycles. The van der Waals surface area contributed by atoms with E-state index in [1.807, 2.05) is 13.8 Å². The van der Waals surface area contributed by atoms with Crippen molar-refractivity contribution in [1.29, 1.82) is 0 Å². The molecule has 0 fully saturated rings. The van der Waals surface area contributed by atoms with Gasteiger partial charge in [-0.3, -0.25) is 0 Å². The first-order valence-corrected chi connectivity index (χ1v) is 6.53. The first kappa shape index (κ1) is 15.9. The lowest BCUT2D eigenvalue weighted by Crippen LogP contribution is -2.30. The topological polar surface area (TPSA) is 30.5 Å². The molecule has 19 heavy (non-hydrogen) atoms. The molecule has 5 heteroatoms. The summed E-state index contributed by atoms with van der Waals surface area (Å²) >= 11 is 0. The van der Waals surface area contributed by atoms with Gasteiger partial charge in [0.25, 0.3) is 0 Å². The van der Waals surface area contributed by atoms with E-state index in [0.29, 0.717) is 6.54 Å². The first-order chi connectivity index (χ1) is 9.13. The summed E-state index contributed by atoms with van der Waals surface area (Å²) in [6.07, 6.45) is 0.734. The van der Waals surface area contributed by atoms with Crippen LogP contribution in [-0.4, -0.2) is 32.4 Å². The number of rotatable bonds is 9. The van der Waals surface area contributed by atoms with E-state index in [2.05, 4.69) is 5.32 Å². The van der Waals surface area contributed by atoms with Gasteiger partial charge in [-0.15, -0.1) is 0 Å². The molecule has 0 aliphatic carbocycles. The monoisotopic (exact) mass is 273 g/mol. The third kappa shape index (κ3) is 6.50. The van der Waals surface area contributed by atoms with Crippen molar-refractivity contribution in [3.63, 3.8) is 0 Å². The molecule has 1 rings (SSSR count). The van der Waals surface area contributed by atoms with Gasteiger partial charge >= 0.3 is 0 Å². The quantitative estimate of drug-likeness (QED) is 0.702. The Morgan fingerprint density at radius 3 is 2.79 bits per heavy atom. The molecule has 1 unspecified atom stereocenters. The molecule has 1 aromatic carbocycles. The first-order valence-electron chi connectivity index (χ1n) is 6.53. The third-order valence-corrected chi connectivity index (χ3v) is 2.50. The molecule has 108 valence electrons. The Hall–Kier alpha value is -1.20. The van der Waals surface area contributed by atoms with Gasteiger partial charge in [-0.05, 0) is 38.9 Å². The summed E-state index contributed by atoms with van der Waals surface area (Å²) in [7, 11) is 0. The second-order valence-corrected chi connectivity index (χ2v) is 4.26. The van der Waals surface area contributed by atoms with E-state index in [0.717, 1.165) is 32.2 Å². The molecule has 0 radical (unpaired) electrons. The minimum Gasteiger partial charge on any atom is -0.486 e. The summed E-state index contributed by atoms with van der Waals surface area (Å²) in [4.78, 5) is 0. The Morgan fingerprint density at radius 1 is 1.32 bits per heavy atom. The van der Waals surface area contributed by atoms with Gasteiger partial charge < -0.3 is 14.8 Å². The average molecular weight is 273 g/mol. The third-order valence-electron chi connectivity index (χ3n) is 2.50. The van der Waals surface area contributed by atoms with Crippen LogP contribution < -0.4 is 10.1 Å². The van der Waals surface area contributed by atoms with Crippen molar-refractivity contribution < 1.29 is 18.3 Å². The van der Waals surface area contributed by atoms with E-state index in [1.54, 1.807) is 0 Å². The molecule has 0 saturated carbocycles. The molecule has 0 spiro atoms. The van der Waals surface area contributed by atoms with Crippen molar-refractivity contribution in [2.45, 2.75) is 26.4 Å². The fraction of sp³-hybridized carbons (Fsp3) is 0.571. The Labute approximate surface area is 112 Å². The minimum absolute atomic E-state index is 0.0741. The number of hydrogen-bond donors (Lipinski definition) is 1. The molecular formula is C14H21F2NO2. The van der Waals surface area contributed by atoms with Crippen LogP contribution in [0.5, 0.6) is 5.75 Å². The van der Waals surface area contributed by atoms with Crippen molar-refractivity contribution in [1.82, 2.24) is 5.32 Å². The molecule has 1 atom stereocenters. The predicted octanol–water partition coefficient (Wildman–Crippen LogP) is 2.75. The van der Waals surface area contributed by atoms with Gasteiger partial charge in [0.1, 0.15) is 11.9 Å². The molecule has 0 saturated heterocycles. The molecule has 1 N–H and O–H groups in total. The molecule has 0 aliphatic rings. The average Bonchev–Trinajstić information content (AvgIpc) is 2.37. The van der Waals surface area contributed by atoms with E-state index in [-0.39, 0.29) is 11.9 Å². The minimum atomic E-state index is -0.678. The maximum atomic E-state index is 13.3. The maximum Gasteiger partial charge on any atom is 0.167 e. The summed E-state index contributed by atoms with van der Waals surface area (Å²) in [6.45, 7) is 6.66. The Kier molecular flexibility index (Phi) is 7.36. The van der Waals surface area contributed by atoms with Crippen molar-refractivity contribution in [2.75, 3.05) is 26.3 Å². The standard InChI is InChI=1S/C14H21F2NO2/c1-3-18-8-4-7-17-10-11(2)19-14-6-5-12(15)9-13(14)16/h5-6,9,11,17H,3-4,7-8,10H2,1-2H3. The number of hydrogen-bond acceptors (Lipinski definition) is 3. The smallest absolute Gasteiger partial charge is 0.167 e. The van der Waals surface area contributed by atoms with Gasteiger partial charge in [-0.1, -0.05) is 0 Å². The number of ether oxygens (including phenoxy) is 2. The number of nitrogens with one attached hydrogen (secondary N) is 1. The van der Waals surface area contributed by atoms with E-state index in [9.17, 15) is 8.78 Å². The summed E-state index contributed by atoms with van der Waals surface area (Å²) in [5, 5.41) is 3.19. The highest BCUT2D eigenvalue weighted by Crippen LogP contribution is 2.18. The molecule has 0 aliphatic heterocycles. The number of halogens is 2. The zero-order valence-corrected chi connectivity index (χ0v) is 11.4. The van der Waals surface area contributed by atoms with Gasteiger partial charge in [0.2, 0.25) is 0 Å². The van der Waals surface area contributed by atoms with Gasteiger partial charge in [0.15, 0.2) is 11.6 Å². The lowest BCUT2D eigenvalue weighted by molar-refractivity contribution is 0.143. The Bertz CT molecular complexity index is 374. The van der Waals surface area contributed by atoms with E-state index in [1.165, 1.54) is 12.1 Å². The zero-order chi connectivity index (χ0) is 14.1. The molecule has 1 aromatic rings. The van der Waals surface area contributed by atoms with Gasteiger partial charge in [-0.25, -0.2) is 8.78 Å². The normalized spacial score (nSPS) is 12.4. The summed E-state index contributed by atoms with van der Waals surface area (Å²) < 4.78 is 36.7. The van der Waals surface area contributed by atoms with E-state index >= 15 is 0 Å². The molecule has 0 aromatic heterocycles. The van der Waals surface area contributed by atoms with Crippen molar-refractivity contribution in [2.24, 2.45) is 0 Å². The van der Waals surface area contributed by atoms with Crippen LogP contribution in [0.15, 0.2) is 18.2 Å². The van der Waals surface area contributed by atoms with Crippen LogP contribution >= 0.6 is 0 Å². The summed E-state index contributed by atoms with van der Waals surface area (Å²) in [6, 6.07) is 3.30. The SMILES string of the molecule is CCOCCCNCC(C)Oc1ccc(F)cc1F. The highest BCUT2D eigenvalue weighted by Gasteiger charge is 2.09. The van der Waals surface area contributed by atoms with Crippen LogP contribution in [0, 0.1) is 11.6 Å². The van der Waals surface area contributed by atoms with E-state index < -0.39 is 11.6 Å². The lowest BCUT2D eigenvalue weighted by Gasteiger charge is -2.16. The fourth-order valence-electron chi connectivity index (χ4n) is 1.58. The second kappa shape index (κ2) is 8.82. The van der Waals surface area contributed by atoms with Gasteiger partial charge in [0, 0.05) is 25.8 Å². The highest BCUT2D eigenvalue weighted by molar-refractivity contribution is 5.24. The predicted molar refractivity (Wildman–Crippen MR) is 70.4 cm³/mol. The van der Waals surface area contributed by atoms with Crippen LogP contribution in [-0.2, 0) is 4.74 Å².